The molecule has 1 amide bonds. The molecule has 0 saturated carbocycles. The van der Waals surface area contributed by atoms with Crippen LogP contribution in [0.15, 0.2) is 16.8 Å². The summed E-state index contributed by atoms with van der Waals surface area (Å²) in [6, 6.07) is -0.206. The number of hydrogen-bond acceptors (Lipinski definition) is 4. The molecule has 6 heteroatoms. The van der Waals surface area contributed by atoms with Crippen LogP contribution in [0.2, 0.25) is 0 Å². The van der Waals surface area contributed by atoms with Crippen molar-refractivity contribution in [2.24, 2.45) is 0 Å². The van der Waals surface area contributed by atoms with Crippen molar-refractivity contribution in [3.05, 3.63) is 35.6 Å². The second-order valence-electron chi connectivity index (χ2n) is 3.82. The molecule has 2 rings (SSSR count). The van der Waals surface area contributed by atoms with E-state index in [1.165, 1.54) is 0 Å². The number of carbonyl (C=O) groups excluding carboxylic acids is 1. The lowest BCUT2D eigenvalue weighted by molar-refractivity contribution is 0.0908. The standard InChI is InChI=1S/C11H14N4O2/c1-6-9(17-8(3)14-6)11(16)15-7(2)10-12-4-5-13-10/h4-5,7H,1-3H3,(H,12,13)(H,15,16). The molecule has 0 aliphatic carbocycles. The first-order valence-electron chi connectivity index (χ1n) is 5.32. The smallest absolute Gasteiger partial charge is 0.289 e. The van der Waals surface area contributed by atoms with E-state index in [4.69, 9.17) is 4.42 Å². The van der Waals surface area contributed by atoms with Gasteiger partial charge in [-0.2, -0.15) is 0 Å². The Balaban J connectivity index is 2.09. The van der Waals surface area contributed by atoms with E-state index in [0.717, 1.165) is 0 Å². The first-order chi connectivity index (χ1) is 8.08. The molecule has 0 bridgehead atoms. The Hall–Kier alpha value is -2.11. The molecule has 0 radical (unpaired) electrons. The minimum absolute atomic E-state index is 0.206. The number of aromatic nitrogens is 3. The molecule has 90 valence electrons. The topological polar surface area (TPSA) is 83.8 Å². The summed E-state index contributed by atoms with van der Waals surface area (Å²) < 4.78 is 5.24. The maximum atomic E-state index is 11.9. The number of nitrogens with one attached hydrogen (secondary N) is 2. The van der Waals surface area contributed by atoms with E-state index in [1.54, 1.807) is 26.2 Å². The van der Waals surface area contributed by atoms with Crippen LogP contribution in [0.25, 0.3) is 0 Å². The summed E-state index contributed by atoms with van der Waals surface area (Å²) in [5.74, 6) is 1.15. The average molecular weight is 234 g/mol. The number of aromatic amines is 1. The number of imidazole rings is 1. The van der Waals surface area contributed by atoms with Crippen molar-refractivity contribution in [1.82, 2.24) is 20.3 Å². The molecular formula is C11H14N4O2. The Bertz CT molecular complexity index is 516. The quantitative estimate of drug-likeness (QED) is 0.843. The van der Waals surface area contributed by atoms with Gasteiger partial charge in [0.1, 0.15) is 5.82 Å². The zero-order chi connectivity index (χ0) is 12.4. The van der Waals surface area contributed by atoms with Crippen LogP contribution in [-0.2, 0) is 0 Å². The Morgan fingerprint density at radius 2 is 2.29 bits per heavy atom. The first-order valence-corrected chi connectivity index (χ1v) is 5.32. The maximum Gasteiger partial charge on any atom is 0.289 e. The van der Waals surface area contributed by atoms with Crippen molar-refractivity contribution in [3.63, 3.8) is 0 Å². The van der Waals surface area contributed by atoms with Gasteiger partial charge in [0.15, 0.2) is 5.89 Å². The number of amides is 1. The van der Waals surface area contributed by atoms with Crippen LogP contribution in [0, 0.1) is 13.8 Å². The third kappa shape index (κ3) is 2.35. The molecule has 1 unspecified atom stereocenters. The normalized spacial score (nSPS) is 12.4. The molecule has 0 spiro atoms. The van der Waals surface area contributed by atoms with Crippen LogP contribution in [0.1, 0.15) is 40.9 Å². The van der Waals surface area contributed by atoms with Crippen LogP contribution in [-0.4, -0.2) is 20.9 Å². The summed E-state index contributed by atoms with van der Waals surface area (Å²) in [7, 11) is 0. The molecule has 0 aliphatic rings. The predicted octanol–water partition coefficient (Wildman–Crippen LogP) is 1.51. The van der Waals surface area contributed by atoms with Crippen molar-refractivity contribution >= 4 is 5.91 Å². The van der Waals surface area contributed by atoms with Gasteiger partial charge in [0.05, 0.1) is 11.7 Å². The summed E-state index contributed by atoms with van der Waals surface area (Å²) in [4.78, 5) is 23.0. The summed E-state index contributed by atoms with van der Waals surface area (Å²) in [6.07, 6.45) is 3.35. The maximum absolute atomic E-state index is 11.9. The fourth-order valence-corrected chi connectivity index (χ4v) is 1.59. The van der Waals surface area contributed by atoms with Gasteiger partial charge in [0.2, 0.25) is 5.76 Å². The zero-order valence-electron chi connectivity index (χ0n) is 9.94. The fraction of sp³-hybridized carbons (Fsp3) is 0.364. The number of aryl methyl sites for hydroxylation is 2. The van der Waals surface area contributed by atoms with Gasteiger partial charge in [-0.25, -0.2) is 9.97 Å². The highest BCUT2D eigenvalue weighted by Gasteiger charge is 2.19. The molecule has 0 saturated heterocycles. The first kappa shape index (κ1) is 11.4. The van der Waals surface area contributed by atoms with Crippen LogP contribution >= 0.6 is 0 Å². The van der Waals surface area contributed by atoms with E-state index in [0.29, 0.717) is 17.4 Å². The lowest BCUT2D eigenvalue weighted by Crippen LogP contribution is -2.27. The highest BCUT2D eigenvalue weighted by atomic mass is 16.4. The largest absolute Gasteiger partial charge is 0.436 e. The number of oxazole rings is 1. The Labute approximate surface area is 98.5 Å². The van der Waals surface area contributed by atoms with E-state index in [-0.39, 0.29) is 17.7 Å². The summed E-state index contributed by atoms with van der Waals surface area (Å²) in [5, 5.41) is 2.79. The second-order valence-corrected chi connectivity index (χ2v) is 3.82. The van der Waals surface area contributed by atoms with Crippen LogP contribution in [0.4, 0.5) is 0 Å². The van der Waals surface area contributed by atoms with Gasteiger partial charge in [-0.3, -0.25) is 4.79 Å². The highest BCUT2D eigenvalue weighted by Crippen LogP contribution is 2.12. The summed E-state index contributed by atoms with van der Waals surface area (Å²) in [6.45, 7) is 5.29. The molecule has 2 heterocycles. The SMILES string of the molecule is Cc1nc(C)c(C(=O)NC(C)c2ncc[nH]2)o1. The van der Waals surface area contributed by atoms with Crippen LogP contribution < -0.4 is 5.32 Å². The monoisotopic (exact) mass is 234 g/mol. The average Bonchev–Trinajstić information content (AvgIpc) is 2.87. The van der Waals surface area contributed by atoms with E-state index >= 15 is 0 Å². The molecule has 1 atom stereocenters. The van der Waals surface area contributed by atoms with Crippen molar-refractivity contribution < 1.29 is 9.21 Å². The summed E-state index contributed by atoms with van der Waals surface area (Å²) >= 11 is 0. The van der Waals surface area contributed by atoms with Gasteiger partial charge in [-0.1, -0.05) is 0 Å². The van der Waals surface area contributed by atoms with Gasteiger partial charge in [0.25, 0.3) is 5.91 Å². The number of nitrogens with zero attached hydrogens (tertiary/aromatic N) is 2. The minimum Gasteiger partial charge on any atom is -0.436 e. The van der Waals surface area contributed by atoms with Gasteiger partial charge in [-0.15, -0.1) is 0 Å². The predicted molar refractivity (Wildman–Crippen MR) is 60.4 cm³/mol. The van der Waals surface area contributed by atoms with Crippen molar-refractivity contribution in [1.29, 1.82) is 0 Å². The number of carbonyl (C=O) groups is 1. The molecule has 6 nitrogen and oxygen atoms in total. The van der Waals surface area contributed by atoms with E-state index in [2.05, 4.69) is 20.3 Å². The van der Waals surface area contributed by atoms with Crippen LogP contribution in [0.3, 0.4) is 0 Å². The number of H-pyrrole nitrogens is 1. The Kier molecular flexibility index (Phi) is 2.95. The van der Waals surface area contributed by atoms with Crippen LogP contribution in [0.5, 0.6) is 0 Å². The molecule has 0 fully saturated rings. The van der Waals surface area contributed by atoms with Gasteiger partial charge >= 0.3 is 0 Å². The highest BCUT2D eigenvalue weighted by molar-refractivity contribution is 5.92. The lowest BCUT2D eigenvalue weighted by atomic mass is 10.3. The van der Waals surface area contributed by atoms with Gasteiger partial charge < -0.3 is 14.7 Å². The Morgan fingerprint density at radius 1 is 1.53 bits per heavy atom. The van der Waals surface area contributed by atoms with Gasteiger partial charge in [-0.05, 0) is 13.8 Å². The minimum atomic E-state index is -0.285. The van der Waals surface area contributed by atoms with E-state index < -0.39 is 0 Å². The van der Waals surface area contributed by atoms with Crippen molar-refractivity contribution in [2.75, 3.05) is 0 Å². The van der Waals surface area contributed by atoms with E-state index in [9.17, 15) is 4.79 Å². The molecular weight excluding hydrogens is 220 g/mol. The second kappa shape index (κ2) is 4.40. The molecule has 2 aromatic heterocycles. The number of hydrogen-bond donors (Lipinski definition) is 2. The zero-order valence-corrected chi connectivity index (χ0v) is 9.94. The Morgan fingerprint density at radius 3 is 2.82 bits per heavy atom. The number of rotatable bonds is 3. The van der Waals surface area contributed by atoms with E-state index in [1.807, 2.05) is 6.92 Å². The molecule has 0 aliphatic heterocycles. The fourth-order valence-electron chi connectivity index (χ4n) is 1.59. The summed E-state index contributed by atoms with van der Waals surface area (Å²) in [5.41, 5.74) is 0.589. The molecule has 0 aromatic carbocycles. The molecule has 2 aromatic rings. The lowest BCUT2D eigenvalue weighted by Gasteiger charge is -2.09. The van der Waals surface area contributed by atoms with Gasteiger partial charge in [0, 0.05) is 19.3 Å². The molecule has 2 N–H and O–H groups in total. The molecule has 17 heavy (non-hydrogen) atoms. The van der Waals surface area contributed by atoms with Crippen molar-refractivity contribution in [3.8, 4) is 0 Å². The third-order valence-corrected chi connectivity index (χ3v) is 2.39. The third-order valence-electron chi connectivity index (χ3n) is 2.39. The van der Waals surface area contributed by atoms with Crippen molar-refractivity contribution in [2.45, 2.75) is 26.8 Å².